The summed E-state index contributed by atoms with van der Waals surface area (Å²) < 4.78 is 5.36. The van der Waals surface area contributed by atoms with Gasteiger partial charge >= 0.3 is 0 Å². The summed E-state index contributed by atoms with van der Waals surface area (Å²) in [6.45, 7) is 6.00. The van der Waals surface area contributed by atoms with Gasteiger partial charge in [-0.25, -0.2) is 4.98 Å². The Morgan fingerprint density at radius 3 is 2.52 bits per heavy atom. The van der Waals surface area contributed by atoms with Crippen LogP contribution in [0, 0.1) is 5.41 Å². The number of aliphatic hydroxyl groups excluding tert-OH is 1. The summed E-state index contributed by atoms with van der Waals surface area (Å²) in [5.41, 5.74) is 2.84. The van der Waals surface area contributed by atoms with Crippen LogP contribution in [0.5, 0.6) is 5.75 Å². The average Bonchev–Trinajstić information content (AvgIpc) is 3.02. The molecule has 0 aliphatic rings. The fourth-order valence-electron chi connectivity index (χ4n) is 2.59. The standard InChI is InChI=1S/C20H22N2O3/c1-20(2,3)18(24)14-6-9-16-17(12-14)22-19(21-16)13-4-7-15(8-5-13)25-11-10-23/h4-9,12,23H,10-11H2,1-3H3,(H,21,22). The smallest absolute Gasteiger partial charge is 0.168 e. The van der Waals surface area contributed by atoms with Gasteiger partial charge in [0, 0.05) is 16.5 Å². The van der Waals surface area contributed by atoms with Crippen molar-refractivity contribution in [3.63, 3.8) is 0 Å². The first-order chi connectivity index (χ1) is 11.9. The van der Waals surface area contributed by atoms with Gasteiger partial charge in [0.05, 0.1) is 17.6 Å². The van der Waals surface area contributed by atoms with E-state index < -0.39 is 5.41 Å². The Hall–Kier alpha value is -2.66. The highest BCUT2D eigenvalue weighted by atomic mass is 16.5. The summed E-state index contributed by atoms with van der Waals surface area (Å²) in [6, 6.07) is 13.1. The molecule has 1 heterocycles. The minimum Gasteiger partial charge on any atom is -0.491 e. The van der Waals surface area contributed by atoms with Crippen molar-refractivity contribution in [2.75, 3.05) is 13.2 Å². The van der Waals surface area contributed by atoms with Gasteiger partial charge in [0.1, 0.15) is 18.2 Å². The number of ether oxygens (including phenoxy) is 1. The molecule has 0 bridgehead atoms. The van der Waals surface area contributed by atoms with Gasteiger partial charge in [-0.2, -0.15) is 0 Å². The third-order valence-corrected chi connectivity index (χ3v) is 3.91. The van der Waals surface area contributed by atoms with Crippen LogP contribution in [0.4, 0.5) is 0 Å². The molecule has 0 atom stereocenters. The Balaban J connectivity index is 1.89. The van der Waals surface area contributed by atoms with E-state index in [9.17, 15) is 4.79 Å². The van der Waals surface area contributed by atoms with Gasteiger partial charge in [-0.15, -0.1) is 0 Å². The van der Waals surface area contributed by atoms with E-state index in [0.717, 1.165) is 22.4 Å². The van der Waals surface area contributed by atoms with Crippen molar-refractivity contribution in [2.45, 2.75) is 20.8 Å². The largest absolute Gasteiger partial charge is 0.491 e. The molecule has 0 aliphatic heterocycles. The SMILES string of the molecule is CC(C)(C)C(=O)c1ccc2[nH]c(-c3ccc(OCCO)cc3)nc2c1. The molecule has 0 unspecified atom stereocenters. The highest BCUT2D eigenvalue weighted by molar-refractivity contribution is 6.02. The molecular formula is C20H22N2O3. The van der Waals surface area contributed by atoms with Gasteiger partial charge in [-0.1, -0.05) is 20.8 Å². The monoisotopic (exact) mass is 338 g/mol. The molecule has 0 fully saturated rings. The molecular weight excluding hydrogens is 316 g/mol. The fraction of sp³-hybridized carbons (Fsp3) is 0.300. The quantitative estimate of drug-likeness (QED) is 0.693. The van der Waals surface area contributed by atoms with Crippen molar-refractivity contribution in [2.24, 2.45) is 5.41 Å². The lowest BCUT2D eigenvalue weighted by Gasteiger charge is -2.16. The minimum atomic E-state index is -0.419. The zero-order chi connectivity index (χ0) is 18.0. The number of nitrogens with one attached hydrogen (secondary N) is 1. The van der Waals surface area contributed by atoms with E-state index in [0.29, 0.717) is 11.3 Å². The number of imidazole rings is 1. The molecule has 130 valence electrons. The van der Waals surface area contributed by atoms with E-state index in [1.54, 1.807) is 0 Å². The number of hydrogen-bond acceptors (Lipinski definition) is 4. The van der Waals surface area contributed by atoms with E-state index >= 15 is 0 Å². The van der Waals surface area contributed by atoms with Crippen LogP contribution in [0.25, 0.3) is 22.4 Å². The van der Waals surface area contributed by atoms with Gasteiger partial charge in [-0.3, -0.25) is 4.79 Å². The second-order valence-corrected chi connectivity index (χ2v) is 6.99. The Kier molecular flexibility index (Phi) is 4.59. The number of ketones is 1. The molecule has 5 heteroatoms. The van der Waals surface area contributed by atoms with E-state index in [1.807, 2.05) is 63.2 Å². The molecule has 0 saturated heterocycles. The van der Waals surface area contributed by atoms with Crippen LogP contribution in [-0.4, -0.2) is 34.1 Å². The van der Waals surface area contributed by atoms with E-state index in [-0.39, 0.29) is 19.0 Å². The average molecular weight is 338 g/mol. The van der Waals surface area contributed by atoms with Gasteiger partial charge in [-0.05, 0) is 42.5 Å². The molecule has 0 radical (unpaired) electrons. The van der Waals surface area contributed by atoms with Gasteiger partial charge in [0.2, 0.25) is 0 Å². The maximum absolute atomic E-state index is 12.4. The Labute approximate surface area is 146 Å². The number of nitrogens with zero attached hydrogens (tertiary/aromatic N) is 1. The van der Waals surface area contributed by atoms with Crippen LogP contribution in [0.15, 0.2) is 42.5 Å². The molecule has 0 saturated carbocycles. The summed E-state index contributed by atoms with van der Waals surface area (Å²) >= 11 is 0. The van der Waals surface area contributed by atoms with Crippen LogP contribution in [0.1, 0.15) is 31.1 Å². The third kappa shape index (κ3) is 3.72. The molecule has 2 N–H and O–H groups in total. The molecule has 3 aromatic rings. The predicted octanol–water partition coefficient (Wildman–Crippen LogP) is 3.83. The third-order valence-electron chi connectivity index (χ3n) is 3.91. The number of aromatic nitrogens is 2. The topological polar surface area (TPSA) is 75.2 Å². The number of aromatic amines is 1. The number of carbonyl (C=O) groups excluding carboxylic acids is 1. The minimum absolute atomic E-state index is 0.0130. The van der Waals surface area contributed by atoms with Crippen LogP contribution in [0.3, 0.4) is 0 Å². The molecule has 0 spiro atoms. The maximum Gasteiger partial charge on any atom is 0.168 e. The zero-order valence-electron chi connectivity index (χ0n) is 14.7. The summed E-state index contributed by atoms with van der Waals surface area (Å²) in [5, 5.41) is 8.79. The second-order valence-electron chi connectivity index (χ2n) is 6.99. The van der Waals surface area contributed by atoms with E-state index in [1.165, 1.54) is 0 Å². The number of aliphatic hydroxyl groups is 1. The van der Waals surface area contributed by atoms with Crippen molar-refractivity contribution in [3.8, 4) is 17.1 Å². The molecule has 25 heavy (non-hydrogen) atoms. The van der Waals surface area contributed by atoms with Crippen molar-refractivity contribution in [1.29, 1.82) is 0 Å². The number of H-pyrrole nitrogens is 1. The molecule has 3 rings (SSSR count). The first-order valence-corrected chi connectivity index (χ1v) is 8.27. The van der Waals surface area contributed by atoms with Crippen molar-refractivity contribution < 1.29 is 14.6 Å². The van der Waals surface area contributed by atoms with Crippen LogP contribution in [-0.2, 0) is 0 Å². The normalized spacial score (nSPS) is 11.7. The number of benzene rings is 2. The van der Waals surface area contributed by atoms with Crippen LogP contribution in [0.2, 0.25) is 0 Å². The van der Waals surface area contributed by atoms with Gasteiger partial charge in [0.15, 0.2) is 5.78 Å². The lowest BCUT2D eigenvalue weighted by atomic mass is 9.86. The maximum atomic E-state index is 12.4. The zero-order valence-corrected chi connectivity index (χ0v) is 14.7. The Morgan fingerprint density at radius 1 is 1.16 bits per heavy atom. The lowest BCUT2D eigenvalue weighted by Crippen LogP contribution is -2.19. The molecule has 0 amide bonds. The first-order valence-electron chi connectivity index (χ1n) is 8.27. The summed E-state index contributed by atoms with van der Waals surface area (Å²) in [4.78, 5) is 20.3. The van der Waals surface area contributed by atoms with Crippen LogP contribution < -0.4 is 4.74 Å². The summed E-state index contributed by atoms with van der Waals surface area (Å²) in [7, 11) is 0. The highest BCUT2D eigenvalue weighted by Gasteiger charge is 2.23. The number of carbonyl (C=O) groups is 1. The second kappa shape index (κ2) is 6.69. The van der Waals surface area contributed by atoms with E-state index in [2.05, 4.69) is 9.97 Å². The molecule has 1 aromatic heterocycles. The van der Waals surface area contributed by atoms with Crippen LogP contribution >= 0.6 is 0 Å². The molecule has 0 aliphatic carbocycles. The molecule has 2 aromatic carbocycles. The van der Waals surface area contributed by atoms with Crippen molar-refractivity contribution in [1.82, 2.24) is 9.97 Å². The predicted molar refractivity (Wildman–Crippen MR) is 97.9 cm³/mol. The van der Waals surface area contributed by atoms with E-state index in [4.69, 9.17) is 9.84 Å². The van der Waals surface area contributed by atoms with Gasteiger partial charge < -0.3 is 14.8 Å². The van der Waals surface area contributed by atoms with Gasteiger partial charge in [0.25, 0.3) is 0 Å². The highest BCUT2D eigenvalue weighted by Crippen LogP contribution is 2.26. The Morgan fingerprint density at radius 2 is 1.88 bits per heavy atom. The summed E-state index contributed by atoms with van der Waals surface area (Å²) in [6.07, 6.45) is 0. The summed E-state index contributed by atoms with van der Waals surface area (Å²) in [5.74, 6) is 1.54. The number of Topliss-reactive ketones (excluding diaryl/α,β-unsaturated/α-hetero) is 1. The van der Waals surface area contributed by atoms with Crippen molar-refractivity contribution in [3.05, 3.63) is 48.0 Å². The fourth-order valence-corrected chi connectivity index (χ4v) is 2.59. The Bertz CT molecular complexity index is 889. The number of hydrogen-bond donors (Lipinski definition) is 2. The first kappa shape index (κ1) is 17.2. The lowest BCUT2D eigenvalue weighted by molar-refractivity contribution is 0.0858. The van der Waals surface area contributed by atoms with Crippen molar-refractivity contribution >= 4 is 16.8 Å². The molecule has 5 nitrogen and oxygen atoms in total. The number of fused-ring (bicyclic) bond motifs is 1. The number of rotatable bonds is 5.